The lowest BCUT2D eigenvalue weighted by atomic mass is 10.0. The molecule has 1 saturated heterocycles. The normalized spacial score (nSPS) is 21.3. The minimum atomic E-state index is 0.329. The van der Waals surface area contributed by atoms with Gasteiger partial charge in [-0.15, -0.1) is 6.58 Å². The lowest BCUT2D eigenvalue weighted by Crippen LogP contribution is -2.15. The first-order valence-corrected chi connectivity index (χ1v) is 9.25. The molecule has 1 spiro atoms. The minimum Gasteiger partial charge on any atom is -0.371 e. The van der Waals surface area contributed by atoms with Crippen molar-refractivity contribution in [3.05, 3.63) is 52.9 Å². The van der Waals surface area contributed by atoms with Gasteiger partial charge in [0.25, 0.3) is 0 Å². The van der Waals surface area contributed by atoms with Crippen LogP contribution in [-0.2, 0) is 11.3 Å². The quantitative estimate of drug-likeness (QED) is 0.571. The Morgan fingerprint density at radius 1 is 1.33 bits per heavy atom. The van der Waals surface area contributed by atoms with E-state index in [2.05, 4.69) is 44.9 Å². The van der Waals surface area contributed by atoms with Crippen molar-refractivity contribution in [1.29, 1.82) is 0 Å². The molecule has 0 unspecified atom stereocenters. The Kier molecular flexibility index (Phi) is 4.33. The van der Waals surface area contributed by atoms with E-state index in [4.69, 9.17) is 9.72 Å². The largest absolute Gasteiger partial charge is 0.371 e. The van der Waals surface area contributed by atoms with Crippen LogP contribution < -0.4 is 5.32 Å². The highest BCUT2D eigenvalue weighted by atomic mass is 79.9. The summed E-state index contributed by atoms with van der Waals surface area (Å²) in [6.07, 6.45) is 5.66. The SMILES string of the molecule is C=CCOCc1[nH]c([C@@H]2CC3(CC3)CN2)nc1-c1ccc(Br)cc1. The van der Waals surface area contributed by atoms with Crippen LogP contribution in [0.25, 0.3) is 11.3 Å². The van der Waals surface area contributed by atoms with Gasteiger partial charge < -0.3 is 15.0 Å². The number of aromatic amines is 1. The minimum absolute atomic E-state index is 0.329. The summed E-state index contributed by atoms with van der Waals surface area (Å²) in [5, 5.41) is 3.64. The van der Waals surface area contributed by atoms with Crippen molar-refractivity contribution in [1.82, 2.24) is 15.3 Å². The first-order chi connectivity index (χ1) is 11.7. The molecular formula is C19H22BrN3O. The summed E-state index contributed by atoms with van der Waals surface area (Å²) in [7, 11) is 0. The molecule has 2 heterocycles. The van der Waals surface area contributed by atoms with Gasteiger partial charge in [-0.1, -0.05) is 34.1 Å². The molecule has 1 saturated carbocycles. The lowest BCUT2D eigenvalue weighted by molar-refractivity contribution is 0.146. The summed E-state index contributed by atoms with van der Waals surface area (Å²) in [6, 6.07) is 8.60. The van der Waals surface area contributed by atoms with E-state index in [9.17, 15) is 0 Å². The highest BCUT2D eigenvalue weighted by Crippen LogP contribution is 2.54. The van der Waals surface area contributed by atoms with Crippen LogP contribution in [0.4, 0.5) is 0 Å². The lowest BCUT2D eigenvalue weighted by Gasteiger charge is -2.06. The average molecular weight is 388 g/mol. The molecule has 2 fully saturated rings. The van der Waals surface area contributed by atoms with Crippen molar-refractivity contribution in [3.63, 3.8) is 0 Å². The summed E-state index contributed by atoms with van der Waals surface area (Å²) in [6.45, 7) is 5.88. The molecule has 1 aromatic heterocycles. The monoisotopic (exact) mass is 387 g/mol. The second-order valence-electron chi connectivity index (χ2n) is 6.90. The molecule has 1 atom stereocenters. The number of imidazole rings is 1. The van der Waals surface area contributed by atoms with Gasteiger partial charge in [-0.25, -0.2) is 4.98 Å². The molecule has 5 heteroatoms. The van der Waals surface area contributed by atoms with Gasteiger partial charge in [0.1, 0.15) is 5.82 Å². The molecule has 1 aliphatic heterocycles. The Balaban J connectivity index is 1.62. The predicted octanol–water partition coefficient (Wildman–Crippen LogP) is 4.36. The van der Waals surface area contributed by atoms with Crippen molar-refractivity contribution in [2.24, 2.45) is 5.41 Å². The van der Waals surface area contributed by atoms with Crippen molar-refractivity contribution < 1.29 is 4.74 Å². The first kappa shape index (κ1) is 16.1. The van der Waals surface area contributed by atoms with Crippen LogP contribution in [0.3, 0.4) is 0 Å². The zero-order valence-corrected chi connectivity index (χ0v) is 15.2. The van der Waals surface area contributed by atoms with Crippen LogP contribution in [0.5, 0.6) is 0 Å². The van der Waals surface area contributed by atoms with Gasteiger partial charge >= 0.3 is 0 Å². The zero-order valence-electron chi connectivity index (χ0n) is 13.6. The third kappa shape index (κ3) is 3.21. The zero-order chi connectivity index (χ0) is 16.6. The molecule has 4 rings (SSSR count). The molecular weight excluding hydrogens is 366 g/mol. The first-order valence-electron chi connectivity index (χ1n) is 8.46. The summed E-state index contributed by atoms with van der Waals surface area (Å²) in [5.74, 6) is 1.04. The van der Waals surface area contributed by atoms with E-state index in [1.807, 2.05) is 12.1 Å². The summed E-state index contributed by atoms with van der Waals surface area (Å²) in [4.78, 5) is 8.44. The molecule has 2 N–H and O–H groups in total. The molecule has 1 aliphatic carbocycles. The smallest absolute Gasteiger partial charge is 0.124 e. The van der Waals surface area contributed by atoms with E-state index in [1.54, 1.807) is 6.08 Å². The van der Waals surface area contributed by atoms with Crippen LogP contribution in [0, 0.1) is 5.41 Å². The Morgan fingerprint density at radius 2 is 2.12 bits per heavy atom. The predicted molar refractivity (Wildman–Crippen MR) is 98.6 cm³/mol. The Bertz CT molecular complexity index is 734. The van der Waals surface area contributed by atoms with Crippen molar-refractivity contribution in [2.45, 2.75) is 31.9 Å². The van der Waals surface area contributed by atoms with Crippen LogP contribution in [0.2, 0.25) is 0 Å². The highest BCUT2D eigenvalue weighted by molar-refractivity contribution is 9.10. The van der Waals surface area contributed by atoms with E-state index in [0.29, 0.717) is 24.7 Å². The summed E-state index contributed by atoms with van der Waals surface area (Å²) in [5.41, 5.74) is 3.68. The van der Waals surface area contributed by atoms with Crippen molar-refractivity contribution in [2.75, 3.05) is 13.2 Å². The van der Waals surface area contributed by atoms with E-state index in [0.717, 1.165) is 33.8 Å². The third-order valence-corrected chi connectivity index (χ3v) is 5.57. The molecule has 4 nitrogen and oxygen atoms in total. The molecule has 0 bridgehead atoms. The van der Waals surface area contributed by atoms with E-state index in [1.165, 1.54) is 19.3 Å². The van der Waals surface area contributed by atoms with Crippen LogP contribution in [-0.4, -0.2) is 23.1 Å². The maximum absolute atomic E-state index is 5.67. The number of ether oxygens (including phenoxy) is 1. The molecule has 126 valence electrons. The number of halogens is 1. The van der Waals surface area contributed by atoms with Gasteiger partial charge in [0.05, 0.1) is 30.6 Å². The number of hydrogen-bond acceptors (Lipinski definition) is 3. The number of rotatable bonds is 6. The Labute approximate surface area is 150 Å². The fourth-order valence-corrected chi connectivity index (χ4v) is 3.72. The van der Waals surface area contributed by atoms with Crippen LogP contribution >= 0.6 is 15.9 Å². The average Bonchev–Trinajstić information content (AvgIpc) is 3.02. The van der Waals surface area contributed by atoms with Gasteiger partial charge in [0.15, 0.2) is 0 Å². The standard InChI is InChI=1S/C19H22BrN3O/c1-2-9-24-11-16-17(13-3-5-14(20)6-4-13)23-18(22-16)15-10-19(7-8-19)12-21-15/h2-6,15,21H,1,7-12H2,(H,22,23)/t15-/m0/s1. The number of aromatic nitrogens is 2. The maximum atomic E-state index is 5.67. The molecule has 24 heavy (non-hydrogen) atoms. The number of nitrogens with one attached hydrogen (secondary N) is 2. The number of hydrogen-bond donors (Lipinski definition) is 2. The third-order valence-electron chi connectivity index (χ3n) is 5.04. The van der Waals surface area contributed by atoms with E-state index in [-0.39, 0.29) is 0 Å². The number of benzene rings is 1. The molecule has 0 amide bonds. The summed E-state index contributed by atoms with van der Waals surface area (Å²) >= 11 is 3.49. The van der Waals surface area contributed by atoms with Crippen molar-refractivity contribution in [3.8, 4) is 11.3 Å². The van der Waals surface area contributed by atoms with Crippen LogP contribution in [0.1, 0.15) is 36.8 Å². The van der Waals surface area contributed by atoms with E-state index < -0.39 is 0 Å². The Hall–Kier alpha value is -1.43. The number of nitrogens with zero attached hydrogens (tertiary/aromatic N) is 1. The van der Waals surface area contributed by atoms with Gasteiger partial charge in [-0.2, -0.15) is 0 Å². The fourth-order valence-electron chi connectivity index (χ4n) is 3.46. The van der Waals surface area contributed by atoms with Gasteiger partial charge in [0.2, 0.25) is 0 Å². The maximum Gasteiger partial charge on any atom is 0.124 e. The van der Waals surface area contributed by atoms with Crippen molar-refractivity contribution >= 4 is 15.9 Å². The molecule has 1 aromatic carbocycles. The van der Waals surface area contributed by atoms with Gasteiger partial charge in [0, 0.05) is 16.6 Å². The van der Waals surface area contributed by atoms with E-state index >= 15 is 0 Å². The molecule has 2 aliphatic rings. The van der Waals surface area contributed by atoms with Gasteiger partial charge in [-0.3, -0.25) is 0 Å². The van der Waals surface area contributed by atoms with Gasteiger partial charge in [-0.05, 0) is 36.8 Å². The second kappa shape index (κ2) is 6.47. The molecule has 2 aromatic rings. The summed E-state index contributed by atoms with van der Waals surface area (Å²) < 4.78 is 6.73. The second-order valence-corrected chi connectivity index (χ2v) is 7.81. The molecule has 0 radical (unpaired) electrons. The number of H-pyrrole nitrogens is 1. The fraction of sp³-hybridized carbons (Fsp3) is 0.421. The highest BCUT2D eigenvalue weighted by Gasteiger charge is 2.49. The van der Waals surface area contributed by atoms with Crippen LogP contribution in [0.15, 0.2) is 41.4 Å². The Morgan fingerprint density at radius 3 is 2.79 bits per heavy atom. The topological polar surface area (TPSA) is 49.9 Å².